The Morgan fingerprint density at radius 3 is 2.53 bits per heavy atom. The van der Waals surface area contributed by atoms with Crippen LogP contribution in [0.1, 0.15) is 0 Å². The van der Waals surface area contributed by atoms with Crippen molar-refractivity contribution in [1.82, 2.24) is 9.97 Å². The first-order valence-corrected chi connectivity index (χ1v) is 4.65. The number of anilines is 2. The molecule has 0 aliphatic heterocycles. The van der Waals surface area contributed by atoms with Crippen LogP contribution < -0.4 is 5.32 Å². The van der Waals surface area contributed by atoms with Gasteiger partial charge < -0.3 is 10.4 Å². The normalized spacial score (nSPS) is 9.93. The van der Waals surface area contributed by atoms with Gasteiger partial charge in [0.15, 0.2) is 5.82 Å². The number of hydrogen-bond donors (Lipinski definition) is 2. The topological polar surface area (TPSA) is 58.0 Å². The van der Waals surface area contributed by atoms with Gasteiger partial charge in [0.25, 0.3) is 0 Å². The summed E-state index contributed by atoms with van der Waals surface area (Å²) in [5.74, 6) is 0.783. The Morgan fingerprint density at radius 2 is 1.87 bits per heavy atom. The molecule has 15 heavy (non-hydrogen) atoms. The van der Waals surface area contributed by atoms with Crippen molar-refractivity contribution >= 4 is 23.1 Å². The molecule has 0 saturated carbocycles. The van der Waals surface area contributed by atoms with Crippen LogP contribution in [-0.4, -0.2) is 15.1 Å². The quantitative estimate of drug-likeness (QED) is 0.766. The van der Waals surface area contributed by atoms with Gasteiger partial charge in [-0.3, -0.25) is 4.98 Å². The molecule has 1 aromatic carbocycles. The van der Waals surface area contributed by atoms with E-state index in [9.17, 15) is 0 Å². The summed E-state index contributed by atoms with van der Waals surface area (Å²) in [4.78, 5) is 7.91. The number of nitrogens with one attached hydrogen (secondary N) is 1. The van der Waals surface area contributed by atoms with E-state index in [2.05, 4.69) is 15.3 Å². The third kappa shape index (κ3) is 2.57. The predicted molar refractivity (Wildman–Crippen MR) is 58.4 cm³/mol. The summed E-state index contributed by atoms with van der Waals surface area (Å²) in [6, 6.07) is 6.64. The number of hydrogen-bond acceptors (Lipinski definition) is 4. The molecule has 0 aliphatic carbocycles. The van der Waals surface area contributed by atoms with Crippen molar-refractivity contribution in [3.05, 3.63) is 41.8 Å². The second-order valence-electron chi connectivity index (χ2n) is 2.90. The molecule has 5 heteroatoms. The largest absolute Gasteiger partial charge is 0.508 e. The number of aromatic hydroxyl groups is 1. The van der Waals surface area contributed by atoms with E-state index in [1.165, 1.54) is 6.20 Å². The number of halogens is 1. The minimum atomic E-state index is 0.220. The third-order valence-electron chi connectivity index (χ3n) is 1.74. The van der Waals surface area contributed by atoms with Gasteiger partial charge in [-0.15, -0.1) is 0 Å². The summed E-state index contributed by atoms with van der Waals surface area (Å²) in [6.07, 6.45) is 3.03. The molecule has 2 aromatic rings. The zero-order valence-corrected chi connectivity index (χ0v) is 8.44. The van der Waals surface area contributed by atoms with E-state index in [1.54, 1.807) is 30.5 Å². The first kappa shape index (κ1) is 9.73. The molecule has 0 atom stereocenters. The number of aromatic nitrogens is 2. The zero-order chi connectivity index (χ0) is 10.7. The highest BCUT2D eigenvalue weighted by Crippen LogP contribution is 2.18. The molecule has 0 bridgehead atoms. The molecule has 76 valence electrons. The van der Waals surface area contributed by atoms with Crippen LogP contribution in [0.3, 0.4) is 0 Å². The molecular formula is C10H8ClN3O. The van der Waals surface area contributed by atoms with Crippen molar-refractivity contribution in [3.8, 4) is 5.75 Å². The Hall–Kier alpha value is -1.81. The van der Waals surface area contributed by atoms with Crippen LogP contribution in [0.2, 0.25) is 5.15 Å². The van der Waals surface area contributed by atoms with Crippen molar-refractivity contribution in [2.24, 2.45) is 0 Å². The predicted octanol–water partition coefficient (Wildman–Crippen LogP) is 2.58. The first-order valence-electron chi connectivity index (χ1n) is 4.27. The van der Waals surface area contributed by atoms with Crippen LogP contribution in [0.25, 0.3) is 0 Å². The standard InChI is InChI=1S/C10H8ClN3O/c11-9-5-12-6-10(14-9)13-7-1-3-8(15)4-2-7/h1-6,15H,(H,13,14). The maximum Gasteiger partial charge on any atom is 0.150 e. The van der Waals surface area contributed by atoms with Crippen molar-refractivity contribution < 1.29 is 5.11 Å². The van der Waals surface area contributed by atoms with Crippen LogP contribution >= 0.6 is 11.6 Å². The fourth-order valence-corrected chi connectivity index (χ4v) is 1.24. The van der Waals surface area contributed by atoms with Gasteiger partial charge in [0, 0.05) is 5.69 Å². The molecule has 2 N–H and O–H groups in total. The maximum atomic E-state index is 9.09. The monoisotopic (exact) mass is 221 g/mol. The molecule has 0 saturated heterocycles. The van der Waals surface area contributed by atoms with Crippen molar-refractivity contribution in [3.63, 3.8) is 0 Å². The van der Waals surface area contributed by atoms with Crippen LogP contribution in [0.4, 0.5) is 11.5 Å². The van der Waals surface area contributed by atoms with Gasteiger partial charge in [-0.05, 0) is 24.3 Å². The smallest absolute Gasteiger partial charge is 0.150 e. The second-order valence-corrected chi connectivity index (χ2v) is 3.29. The number of benzene rings is 1. The summed E-state index contributed by atoms with van der Waals surface area (Å²) in [7, 11) is 0. The number of rotatable bonds is 2. The Kier molecular flexibility index (Phi) is 2.69. The van der Waals surface area contributed by atoms with Crippen LogP contribution in [-0.2, 0) is 0 Å². The summed E-state index contributed by atoms with van der Waals surface area (Å²) >= 11 is 5.68. The fraction of sp³-hybridized carbons (Fsp3) is 0. The molecule has 1 heterocycles. The molecule has 0 amide bonds. The summed E-state index contributed by atoms with van der Waals surface area (Å²) in [5, 5.41) is 12.4. The first-order chi connectivity index (χ1) is 7.24. The van der Waals surface area contributed by atoms with Gasteiger partial charge in [0.2, 0.25) is 0 Å². The van der Waals surface area contributed by atoms with Gasteiger partial charge in [0.05, 0.1) is 12.4 Å². The summed E-state index contributed by atoms with van der Waals surface area (Å²) in [6.45, 7) is 0. The minimum Gasteiger partial charge on any atom is -0.508 e. The zero-order valence-electron chi connectivity index (χ0n) is 7.68. The third-order valence-corrected chi connectivity index (χ3v) is 1.93. The molecule has 0 spiro atoms. The van der Waals surface area contributed by atoms with E-state index in [-0.39, 0.29) is 5.75 Å². The second kappa shape index (κ2) is 4.14. The summed E-state index contributed by atoms with van der Waals surface area (Å²) in [5.41, 5.74) is 0.810. The minimum absolute atomic E-state index is 0.220. The number of phenolic OH excluding ortho intramolecular Hbond substituents is 1. The van der Waals surface area contributed by atoms with Gasteiger partial charge in [0.1, 0.15) is 10.9 Å². The fourth-order valence-electron chi connectivity index (χ4n) is 1.10. The Balaban J connectivity index is 2.18. The molecule has 0 aliphatic rings. The molecule has 4 nitrogen and oxygen atoms in total. The van der Waals surface area contributed by atoms with Crippen molar-refractivity contribution in [1.29, 1.82) is 0 Å². The van der Waals surface area contributed by atoms with Gasteiger partial charge in [-0.25, -0.2) is 4.98 Å². The van der Waals surface area contributed by atoms with Crippen LogP contribution in [0.15, 0.2) is 36.7 Å². The lowest BCUT2D eigenvalue weighted by Crippen LogP contribution is -1.93. The highest BCUT2D eigenvalue weighted by atomic mass is 35.5. The Morgan fingerprint density at radius 1 is 1.13 bits per heavy atom. The lowest BCUT2D eigenvalue weighted by Gasteiger charge is -2.04. The number of phenols is 1. The lowest BCUT2D eigenvalue weighted by molar-refractivity contribution is 0.475. The molecular weight excluding hydrogens is 214 g/mol. The average Bonchev–Trinajstić information content (AvgIpc) is 2.22. The molecule has 0 fully saturated rings. The van der Waals surface area contributed by atoms with E-state index < -0.39 is 0 Å². The van der Waals surface area contributed by atoms with Gasteiger partial charge >= 0.3 is 0 Å². The van der Waals surface area contributed by atoms with Crippen LogP contribution in [0.5, 0.6) is 5.75 Å². The van der Waals surface area contributed by atoms with E-state index in [4.69, 9.17) is 16.7 Å². The lowest BCUT2D eigenvalue weighted by atomic mass is 10.3. The molecule has 1 aromatic heterocycles. The average molecular weight is 222 g/mol. The van der Waals surface area contributed by atoms with E-state index in [1.807, 2.05) is 0 Å². The summed E-state index contributed by atoms with van der Waals surface area (Å²) < 4.78 is 0. The molecule has 0 unspecified atom stereocenters. The van der Waals surface area contributed by atoms with Crippen LogP contribution in [0, 0.1) is 0 Å². The molecule has 0 radical (unpaired) electrons. The van der Waals surface area contributed by atoms with Crippen molar-refractivity contribution in [2.45, 2.75) is 0 Å². The SMILES string of the molecule is Oc1ccc(Nc2cncc(Cl)n2)cc1. The van der Waals surface area contributed by atoms with Gasteiger partial charge in [-0.2, -0.15) is 0 Å². The molecule has 2 rings (SSSR count). The van der Waals surface area contributed by atoms with E-state index in [0.717, 1.165) is 5.69 Å². The van der Waals surface area contributed by atoms with E-state index in [0.29, 0.717) is 11.0 Å². The van der Waals surface area contributed by atoms with Gasteiger partial charge in [-0.1, -0.05) is 11.6 Å². The number of nitrogens with zero attached hydrogens (tertiary/aromatic N) is 2. The van der Waals surface area contributed by atoms with E-state index >= 15 is 0 Å². The van der Waals surface area contributed by atoms with Crippen molar-refractivity contribution in [2.75, 3.05) is 5.32 Å². The maximum absolute atomic E-state index is 9.09. The highest BCUT2D eigenvalue weighted by molar-refractivity contribution is 6.29. The Labute approximate surface area is 91.6 Å². The Bertz CT molecular complexity index is 458. The highest BCUT2D eigenvalue weighted by Gasteiger charge is 1.97.